The van der Waals surface area contributed by atoms with Gasteiger partial charge in [0.05, 0.1) is 27.7 Å². The molecule has 0 saturated carbocycles. The number of rotatable bonds is 8. The molecule has 1 aliphatic heterocycles. The molecule has 13 heteroatoms. The summed E-state index contributed by atoms with van der Waals surface area (Å²) in [5, 5.41) is 11.4. The van der Waals surface area contributed by atoms with E-state index in [9.17, 15) is 21.6 Å². The average Bonchev–Trinajstić information content (AvgIpc) is 3.26. The Kier molecular flexibility index (Phi) is 9.11. The van der Waals surface area contributed by atoms with Crippen LogP contribution in [0.5, 0.6) is 0 Å². The van der Waals surface area contributed by atoms with Gasteiger partial charge in [0.2, 0.25) is 0 Å². The standard InChI is InChI=1S/C21H19ClF3N3O2S2.CH2O2/c22-16-6-21(32(29,30)11-15-10-31-12-27-15)19(25)7-20(16)26-8-13-4-17(23)18(24)5-14(13)9-28-2-1-3-28;2-1-3/h4-7,10,12,26H,1-3,8-9,11H2;1H,(H,2,3). The molecule has 0 atom stereocenters. The van der Waals surface area contributed by atoms with Crippen LogP contribution in [-0.4, -0.2) is 43.0 Å². The maximum atomic E-state index is 14.7. The summed E-state index contributed by atoms with van der Waals surface area (Å²) in [7, 11) is -3.99. The highest BCUT2D eigenvalue weighted by Gasteiger charge is 2.23. The Balaban J connectivity index is 0.00000108. The van der Waals surface area contributed by atoms with Gasteiger partial charge in [0.15, 0.2) is 21.5 Å². The van der Waals surface area contributed by atoms with Gasteiger partial charge in [-0.3, -0.25) is 9.69 Å². The first-order valence-electron chi connectivity index (χ1n) is 10.2. The first-order chi connectivity index (χ1) is 16.6. The number of hydrogen-bond acceptors (Lipinski definition) is 7. The molecule has 0 aliphatic carbocycles. The number of carbonyl (C=O) groups is 1. The third-order valence-electron chi connectivity index (χ3n) is 5.23. The molecular formula is C22H21ClF3N3O4S2. The highest BCUT2D eigenvalue weighted by molar-refractivity contribution is 7.90. The molecule has 1 aliphatic rings. The quantitative estimate of drug-likeness (QED) is 0.394. The van der Waals surface area contributed by atoms with Crippen molar-refractivity contribution in [2.45, 2.75) is 30.2 Å². The average molecular weight is 548 g/mol. The Morgan fingerprint density at radius 1 is 1.11 bits per heavy atom. The van der Waals surface area contributed by atoms with E-state index < -0.39 is 37.9 Å². The zero-order valence-corrected chi connectivity index (χ0v) is 20.6. The summed E-state index contributed by atoms with van der Waals surface area (Å²) in [4.78, 5) is 13.9. The highest BCUT2D eigenvalue weighted by atomic mass is 35.5. The maximum Gasteiger partial charge on any atom is 0.290 e. The van der Waals surface area contributed by atoms with Gasteiger partial charge in [-0.25, -0.2) is 26.6 Å². The molecular weight excluding hydrogens is 527 g/mol. The summed E-state index contributed by atoms with van der Waals surface area (Å²) in [5.41, 5.74) is 3.09. The van der Waals surface area contributed by atoms with Crippen molar-refractivity contribution in [2.24, 2.45) is 0 Å². The molecule has 2 N–H and O–H groups in total. The third kappa shape index (κ3) is 6.94. The van der Waals surface area contributed by atoms with Gasteiger partial charge in [0.25, 0.3) is 6.47 Å². The van der Waals surface area contributed by atoms with Crippen LogP contribution >= 0.6 is 22.9 Å². The van der Waals surface area contributed by atoms with E-state index in [1.807, 2.05) is 0 Å². The Morgan fingerprint density at radius 2 is 1.77 bits per heavy atom. The Labute approximate surface area is 209 Å². The fourth-order valence-corrected chi connectivity index (χ4v) is 5.71. The van der Waals surface area contributed by atoms with E-state index in [0.29, 0.717) is 23.4 Å². The number of likely N-dealkylation sites (tertiary alicyclic amines) is 1. The Bertz CT molecular complexity index is 1290. The lowest BCUT2D eigenvalue weighted by Gasteiger charge is -2.31. The molecule has 0 amide bonds. The predicted molar refractivity (Wildman–Crippen MR) is 127 cm³/mol. The molecule has 0 bridgehead atoms. The molecule has 0 radical (unpaired) electrons. The van der Waals surface area contributed by atoms with Crippen molar-refractivity contribution in [1.82, 2.24) is 9.88 Å². The minimum Gasteiger partial charge on any atom is -0.483 e. The molecule has 4 rings (SSSR count). The van der Waals surface area contributed by atoms with Crippen molar-refractivity contribution < 1.29 is 31.5 Å². The molecule has 2 heterocycles. The first-order valence-corrected chi connectivity index (χ1v) is 13.2. The van der Waals surface area contributed by atoms with E-state index in [4.69, 9.17) is 21.5 Å². The lowest BCUT2D eigenvalue weighted by atomic mass is 10.0. The van der Waals surface area contributed by atoms with Crippen molar-refractivity contribution in [1.29, 1.82) is 0 Å². The number of anilines is 1. The normalized spacial score (nSPS) is 13.5. The van der Waals surface area contributed by atoms with Crippen molar-refractivity contribution in [3.8, 4) is 0 Å². The number of benzene rings is 2. The number of sulfone groups is 1. The van der Waals surface area contributed by atoms with E-state index in [1.165, 1.54) is 22.9 Å². The summed E-state index contributed by atoms with van der Waals surface area (Å²) < 4.78 is 67.4. The summed E-state index contributed by atoms with van der Waals surface area (Å²) in [5.74, 6) is -3.30. The largest absolute Gasteiger partial charge is 0.483 e. The molecule has 1 aromatic heterocycles. The van der Waals surface area contributed by atoms with E-state index in [2.05, 4.69) is 15.2 Å². The number of carboxylic acid groups (broad SMARTS) is 1. The molecule has 0 unspecified atom stereocenters. The summed E-state index contributed by atoms with van der Waals surface area (Å²) in [6, 6.07) is 4.31. The SMILES string of the molecule is O=CO.O=S(=O)(Cc1cscn1)c1cc(Cl)c(NCc2cc(F)c(F)cc2CN2CCC2)cc1F. The number of nitrogens with one attached hydrogen (secondary N) is 1. The number of thiazole rings is 1. The molecule has 188 valence electrons. The maximum absolute atomic E-state index is 14.7. The topological polar surface area (TPSA) is 99.6 Å². The van der Waals surface area contributed by atoms with Gasteiger partial charge in [0.1, 0.15) is 10.7 Å². The fourth-order valence-electron chi connectivity index (χ4n) is 3.40. The van der Waals surface area contributed by atoms with E-state index in [1.54, 1.807) is 5.38 Å². The molecule has 1 fully saturated rings. The van der Waals surface area contributed by atoms with Crippen molar-refractivity contribution in [3.05, 3.63) is 74.5 Å². The van der Waals surface area contributed by atoms with Gasteiger partial charge in [-0.2, -0.15) is 0 Å². The van der Waals surface area contributed by atoms with Gasteiger partial charge in [-0.1, -0.05) is 11.6 Å². The van der Waals surface area contributed by atoms with Crippen LogP contribution in [0.25, 0.3) is 0 Å². The fraction of sp³-hybridized carbons (Fsp3) is 0.273. The molecule has 3 aromatic rings. The second-order valence-corrected chi connectivity index (χ2v) is 10.7. The van der Waals surface area contributed by atoms with Crippen molar-refractivity contribution in [3.63, 3.8) is 0 Å². The van der Waals surface area contributed by atoms with E-state index in [0.717, 1.165) is 37.7 Å². The summed E-state index contributed by atoms with van der Waals surface area (Å²) in [6.45, 7) is 2.06. The molecule has 0 spiro atoms. The van der Waals surface area contributed by atoms with Crippen LogP contribution in [0.1, 0.15) is 23.2 Å². The number of hydrogen-bond donors (Lipinski definition) is 2. The molecule has 1 saturated heterocycles. The molecule has 2 aromatic carbocycles. The molecule has 35 heavy (non-hydrogen) atoms. The minimum atomic E-state index is -3.99. The Hall–Kier alpha value is -2.67. The highest BCUT2D eigenvalue weighted by Crippen LogP contribution is 2.31. The summed E-state index contributed by atoms with van der Waals surface area (Å²) in [6.07, 6.45) is 1.06. The van der Waals surface area contributed by atoms with Crippen LogP contribution in [0.4, 0.5) is 18.9 Å². The number of aromatic nitrogens is 1. The van der Waals surface area contributed by atoms with E-state index >= 15 is 0 Å². The van der Waals surface area contributed by atoms with Gasteiger partial charge in [-0.05, 0) is 54.9 Å². The van der Waals surface area contributed by atoms with Gasteiger partial charge < -0.3 is 10.4 Å². The monoisotopic (exact) mass is 547 g/mol. The Morgan fingerprint density at radius 3 is 2.34 bits per heavy atom. The first kappa shape index (κ1) is 26.9. The zero-order valence-electron chi connectivity index (χ0n) is 18.2. The summed E-state index contributed by atoms with van der Waals surface area (Å²) >= 11 is 7.46. The van der Waals surface area contributed by atoms with Crippen LogP contribution in [0.15, 0.2) is 40.1 Å². The smallest absolute Gasteiger partial charge is 0.290 e. The van der Waals surface area contributed by atoms with Crippen LogP contribution < -0.4 is 5.32 Å². The van der Waals surface area contributed by atoms with Crippen molar-refractivity contribution >= 4 is 44.9 Å². The predicted octanol–water partition coefficient (Wildman–Crippen LogP) is 4.71. The van der Waals surface area contributed by atoms with Gasteiger partial charge in [0, 0.05) is 18.5 Å². The van der Waals surface area contributed by atoms with Gasteiger partial charge in [-0.15, -0.1) is 11.3 Å². The van der Waals surface area contributed by atoms with Gasteiger partial charge >= 0.3 is 0 Å². The van der Waals surface area contributed by atoms with Crippen LogP contribution in [0.2, 0.25) is 5.02 Å². The third-order valence-corrected chi connectivity index (χ3v) is 7.84. The lowest BCUT2D eigenvalue weighted by Crippen LogP contribution is -2.36. The van der Waals surface area contributed by atoms with E-state index in [-0.39, 0.29) is 23.7 Å². The van der Waals surface area contributed by atoms with Crippen LogP contribution in [-0.2, 0) is 33.5 Å². The van der Waals surface area contributed by atoms with Crippen LogP contribution in [0.3, 0.4) is 0 Å². The van der Waals surface area contributed by atoms with Crippen molar-refractivity contribution in [2.75, 3.05) is 18.4 Å². The minimum absolute atomic E-state index is 0.00451. The number of halogens is 4. The zero-order chi connectivity index (χ0) is 25.6. The molecule has 7 nitrogen and oxygen atoms in total. The number of nitrogens with zero attached hydrogens (tertiary/aromatic N) is 2. The van der Waals surface area contributed by atoms with Crippen LogP contribution in [0, 0.1) is 17.5 Å². The second-order valence-electron chi connectivity index (χ2n) is 7.63. The second kappa shape index (κ2) is 11.8. The lowest BCUT2D eigenvalue weighted by molar-refractivity contribution is -0.122.